The Hall–Kier alpha value is -3.96. The third-order valence-electron chi connectivity index (χ3n) is 12.7. The number of nitrogens with zero attached hydrogens (tertiary/aromatic N) is 3. The fraction of sp³-hybridized carbons (Fsp3) is 0.556. The number of carbonyl (C=O) groups excluding carboxylic acids is 2. The zero-order valence-electron chi connectivity index (χ0n) is 34.9. The van der Waals surface area contributed by atoms with Crippen molar-refractivity contribution in [3.05, 3.63) is 83.4 Å². The summed E-state index contributed by atoms with van der Waals surface area (Å²) < 4.78 is 6.14. The van der Waals surface area contributed by atoms with Crippen LogP contribution in [0.5, 0.6) is 5.75 Å². The number of benzene rings is 3. The lowest BCUT2D eigenvalue weighted by Gasteiger charge is -2.50. The van der Waals surface area contributed by atoms with Crippen molar-refractivity contribution in [2.24, 2.45) is 29.1 Å². The van der Waals surface area contributed by atoms with E-state index in [-0.39, 0.29) is 29.8 Å². The second-order valence-electron chi connectivity index (χ2n) is 17.1. The van der Waals surface area contributed by atoms with Crippen LogP contribution in [0.2, 0.25) is 0 Å². The van der Waals surface area contributed by atoms with E-state index in [2.05, 4.69) is 63.5 Å². The number of aliphatic hydroxyl groups is 1. The van der Waals surface area contributed by atoms with Gasteiger partial charge < -0.3 is 30.3 Å². The summed E-state index contributed by atoms with van der Waals surface area (Å²) in [4.78, 5) is 38.7. The molecular formula is C45H65N5O5. The van der Waals surface area contributed by atoms with E-state index in [9.17, 15) is 14.7 Å². The molecule has 5 rings (SSSR count). The number of methoxy groups -OCH3 is 1. The van der Waals surface area contributed by atoms with Gasteiger partial charge in [0.05, 0.1) is 25.9 Å². The molecule has 1 saturated carbocycles. The molecule has 3 aromatic carbocycles. The van der Waals surface area contributed by atoms with Crippen molar-refractivity contribution in [3.63, 3.8) is 0 Å². The predicted molar refractivity (Wildman–Crippen MR) is 221 cm³/mol. The van der Waals surface area contributed by atoms with Gasteiger partial charge in [0.2, 0.25) is 5.91 Å². The molecule has 3 aromatic rings. The van der Waals surface area contributed by atoms with E-state index >= 15 is 0 Å². The molecule has 55 heavy (non-hydrogen) atoms. The molecular weight excluding hydrogens is 691 g/mol. The molecule has 0 bridgehead atoms. The zero-order chi connectivity index (χ0) is 40.2. The van der Waals surface area contributed by atoms with E-state index in [1.165, 1.54) is 5.56 Å². The summed E-state index contributed by atoms with van der Waals surface area (Å²) >= 11 is 0. The van der Waals surface area contributed by atoms with E-state index in [1.807, 2.05) is 86.5 Å². The molecule has 3 N–H and O–H groups in total. The first-order valence-electron chi connectivity index (χ1n) is 19.9. The Balaban J connectivity index is 1.45. The summed E-state index contributed by atoms with van der Waals surface area (Å²) in [6.45, 7) is 14.6. The van der Waals surface area contributed by atoms with Crippen molar-refractivity contribution in [1.82, 2.24) is 20.6 Å². The summed E-state index contributed by atoms with van der Waals surface area (Å²) in [5, 5.41) is 19.5. The smallest absolute Gasteiger partial charge is 0.251 e. The second-order valence-corrected chi connectivity index (χ2v) is 17.1. The summed E-state index contributed by atoms with van der Waals surface area (Å²) in [5.74, 6) is 1.05. The van der Waals surface area contributed by atoms with Crippen molar-refractivity contribution < 1.29 is 24.3 Å². The average Bonchev–Trinajstić information content (AvgIpc) is 3.50. The maximum Gasteiger partial charge on any atom is 0.251 e. The Morgan fingerprint density at radius 2 is 1.73 bits per heavy atom. The minimum absolute atomic E-state index is 0.0153. The highest BCUT2D eigenvalue weighted by Crippen LogP contribution is 2.48. The molecule has 1 heterocycles. The van der Waals surface area contributed by atoms with Crippen LogP contribution in [0.3, 0.4) is 0 Å². The fourth-order valence-electron chi connectivity index (χ4n) is 8.64. The van der Waals surface area contributed by atoms with Crippen molar-refractivity contribution in [1.29, 1.82) is 0 Å². The van der Waals surface area contributed by atoms with Gasteiger partial charge in [-0.1, -0.05) is 83.1 Å². The van der Waals surface area contributed by atoms with E-state index in [1.54, 1.807) is 19.1 Å². The number of nitrogens with one attached hydrogen (secondary N) is 2. The number of hydrogen-bond acceptors (Lipinski definition) is 8. The number of aliphatic hydroxyl groups excluding tert-OH is 1. The number of hydroxylamine groups is 2. The molecule has 0 spiro atoms. The third kappa shape index (κ3) is 9.54. The molecule has 1 aliphatic heterocycles. The van der Waals surface area contributed by atoms with Crippen molar-refractivity contribution in [2.75, 3.05) is 53.3 Å². The number of para-hydroxylation sites is 1. The number of anilines is 1. The SMILES string of the molecule is COc1c(CN2O[C@@H](CN(C)C)[C@@H]([C@H](C)O)[C@H]2C(=O)N[C@H]2C[C@@H](C)C(C)(C)[C@@H](C)[C@@H]2C)cccc1-c1cc(C(=O)NCCc2ccccc2)cc(N(C)C)c1. The Morgan fingerprint density at radius 3 is 2.36 bits per heavy atom. The van der Waals surface area contributed by atoms with Crippen LogP contribution in [-0.4, -0.2) is 99.6 Å². The number of carbonyl (C=O) groups is 2. The molecule has 10 heteroatoms. The van der Waals surface area contributed by atoms with Crippen LogP contribution in [0.4, 0.5) is 5.69 Å². The van der Waals surface area contributed by atoms with Crippen LogP contribution >= 0.6 is 0 Å². The van der Waals surface area contributed by atoms with Gasteiger partial charge in [-0.05, 0) is 86.4 Å². The number of amides is 2. The van der Waals surface area contributed by atoms with Gasteiger partial charge in [-0.15, -0.1) is 0 Å². The highest BCUT2D eigenvalue weighted by Gasteiger charge is 2.51. The first-order valence-corrected chi connectivity index (χ1v) is 19.9. The van der Waals surface area contributed by atoms with Crippen LogP contribution < -0.4 is 20.3 Å². The quantitative estimate of drug-likeness (QED) is 0.177. The minimum atomic E-state index is -0.787. The van der Waals surface area contributed by atoms with Crippen LogP contribution in [-0.2, 0) is 22.6 Å². The highest BCUT2D eigenvalue weighted by molar-refractivity contribution is 5.97. The fourth-order valence-corrected chi connectivity index (χ4v) is 8.64. The third-order valence-corrected chi connectivity index (χ3v) is 12.7. The summed E-state index contributed by atoms with van der Waals surface area (Å²) in [6, 6.07) is 21.2. The molecule has 0 aromatic heterocycles. The Kier molecular flexibility index (Phi) is 13.7. The maximum atomic E-state index is 14.6. The normalized spacial score (nSPS) is 25.7. The molecule has 300 valence electrons. The van der Waals surface area contributed by atoms with Gasteiger partial charge in [0.25, 0.3) is 5.91 Å². The van der Waals surface area contributed by atoms with Gasteiger partial charge in [0, 0.05) is 61.5 Å². The second kappa shape index (κ2) is 17.9. The topological polar surface area (TPSA) is 107 Å². The molecule has 2 fully saturated rings. The van der Waals surface area contributed by atoms with Crippen molar-refractivity contribution in [3.8, 4) is 16.9 Å². The number of rotatable bonds is 14. The van der Waals surface area contributed by atoms with Gasteiger partial charge in [0.15, 0.2) is 0 Å². The van der Waals surface area contributed by atoms with E-state index < -0.39 is 24.2 Å². The standard InChI is InChI=1S/C45H65N5O5/c1-28-22-38(29(2)30(3)45(28,5)6)47-44(53)41-40(31(4)51)39(27-48(7)8)55-50(41)26-33-18-15-19-37(42(33)54-11)34-23-35(25-36(24-34)49(9)10)43(52)46-21-20-32-16-13-12-14-17-32/h12-19,23-25,28-31,38-41,51H,20-22,26-27H2,1-11H3,(H,46,52)(H,47,53)/t28-,29+,30+,31+,38+,39+,40-,41+/m1/s1. The molecule has 0 radical (unpaired) electrons. The van der Waals surface area contributed by atoms with Crippen LogP contribution in [0, 0.1) is 29.1 Å². The monoisotopic (exact) mass is 755 g/mol. The number of hydrogen-bond donors (Lipinski definition) is 3. The molecule has 0 unspecified atom stereocenters. The van der Waals surface area contributed by atoms with E-state index in [0.29, 0.717) is 42.2 Å². The average molecular weight is 756 g/mol. The highest BCUT2D eigenvalue weighted by atomic mass is 16.7. The Labute approximate surface area is 329 Å². The lowest BCUT2D eigenvalue weighted by molar-refractivity contribution is -0.178. The van der Waals surface area contributed by atoms with Gasteiger partial charge in [-0.3, -0.25) is 14.4 Å². The van der Waals surface area contributed by atoms with Gasteiger partial charge >= 0.3 is 0 Å². The molecule has 1 aliphatic carbocycles. The minimum Gasteiger partial charge on any atom is -0.496 e. The van der Waals surface area contributed by atoms with E-state index in [4.69, 9.17) is 9.57 Å². The zero-order valence-corrected chi connectivity index (χ0v) is 34.9. The molecule has 10 nitrogen and oxygen atoms in total. The van der Waals surface area contributed by atoms with Gasteiger partial charge in [-0.25, -0.2) is 0 Å². The van der Waals surface area contributed by atoms with Crippen molar-refractivity contribution in [2.45, 2.75) is 85.2 Å². The Bertz CT molecular complexity index is 1760. The summed E-state index contributed by atoms with van der Waals surface area (Å²) in [5.41, 5.74) is 5.25. The summed E-state index contributed by atoms with van der Waals surface area (Å²) in [6.07, 6.45) is 0.445. The molecule has 2 aliphatic rings. The largest absolute Gasteiger partial charge is 0.496 e. The number of ether oxygens (including phenoxy) is 1. The molecule has 2 amide bonds. The maximum absolute atomic E-state index is 14.6. The summed E-state index contributed by atoms with van der Waals surface area (Å²) in [7, 11) is 9.50. The van der Waals surface area contributed by atoms with Gasteiger partial charge in [-0.2, -0.15) is 5.06 Å². The van der Waals surface area contributed by atoms with Crippen LogP contribution in [0.1, 0.15) is 69.4 Å². The van der Waals surface area contributed by atoms with Gasteiger partial charge in [0.1, 0.15) is 11.8 Å². The van der Waals surface area contributed by atoms with Crippen LogP contribution in [0.25, 0.3) is 11.1 Å². The van der Waals surface area contributed by atoms with Crippen LogP contribution in [0.15, 0.2) is 66.7 Å². The molecule has 8 atom stereocenters. The van der Waals surface area contributed by atoms with Crippen molar-refractivity contribution >= 4 is 17.5 Å². The van der Waals surface area contributed by atoms with E-state index in [0.717, 1.165) is 35.2 Å². The first kappa shape index (κ1) is 42.2. The lowest BCUT2D eigenvalue weighted by atomic mass is 9.58. The Morgan fingerprint density at radius 1 is 1.02 bits per heavy atom. The number of likely N-dealkylation sites (N-methyl/N-ethyl adjacent to an activating group) is 1. The predicted octanol–water partition coefficient (Wildman–Crippen LogP) is 6.27. The lowest BCUT2D eigenvalue weighted by Crippen LogP contribution is -2.57. The first-order chi connectivity index (χ1) is 26.0. The molecule has 1 saturated heterocycles.